The zero-order valence-corrected chi connectivity index (χ0v) is 36.3. The number of aliphatic hydroxyl groups is 1. The van der Waals surface area contributed by atoms with Gasteiger partial charge in [-0.15, -0.1) is 0 Å². The highest BCUT2D eigenvalue weighted by atomic mass is 35.7. The highest BCUT2D eigenvalue weighted by Crippen LogP contribution is 2.33. The molecule has 2 aromatic heterocycles. The minimum Gasteiger partial charge on any atom is -0.391 e. The van der Waals surface area contributed by atoms with E-state index in [4.69, 9.17) is 14.9 Å². The largest absolute Gasteiger partial charge is 0.391 e. The predicted octanol–water partition coefficient (Wildman–Crippen LogP) is 9.83. The number of aromatic nitrogens is 2. The van der Waals surface area contributed by atoms with Crippen molar-refractivity contribution >= 4 is 63.2 Å². The summed E-state index contributed by atoms with van der Waals surface area (Å²) >= 11 is 0. The highest BCUT2D eigenvalue weighted by molar-refractivity contribution is 8.13. The summed E-state index contributed by atoms with van der Waals surface area (Å²) in [6.45, 7) is 18.1. The molecule has 2 heterocycles. The predicted molar refractivity (Wildman–Crippen MR) is 228 cm³/mol. The Morgan fingerprint density at radius 1 is 0.596 bits per heavy atom. The Balaban J connectivity index is 0.000000211. The van der Waals surface area contributed by atoms with Gasteiger partial charge in [-0.05, 0) is 106 Å². The summed E-state index contributed by atoms with van der Waals surface area (Å²) in [5, 5.41) is 11.6. The van der Waals surface area contributed by atoms with E-state index in [1.165, 1.54) is 12.1 Å². The first-order valence-electron chi connectivity index (χ1n) is 18.5. The lowest BCUT2D eigenvalue weighted by atomic mass is 10.1. The van der Waals surface area contributed by atoms with E-state index >= 15 is 0 Å². The monoisotopic (exact) mass is 834 g/mol. The molecule has 0 aliphatic carbocycles. The van der Waals surface area contributed by atoms with Gasteiger partial charge in [-0.25, -0.2) is 8.42 Å². The van der Waals surface area contributed by atoms with Crippen molar-refractivity contribution in [3.8, 4) is 0 Å². The van der Waals surface area contributed by atoms with Gasteiger partial charge in [0.2, 0.25) is 0 Å². The zero-order valence-electron chi connectivity index (χ0n) is 33.9. The van der Waals surface area contributed by atoms with Crippen LogP contribution in [0.2, 0.25) is 0 Å². The summed E-state index contributed by atoms with van der Waals surface area (Å²) < 4.78 is 56.3. The second-order valence-corrected chi connectivity index (χ2v) is 18.5. The standard InChI is InChI=1S/C22H25NO4S.C15H19NO2.C7H7ClO2S/c1-14-10-12-19(13-11-14)28(25,26)27-18(5)15(2)23-16(3)22(17(4)24)20-8-6-7-9-21(20)23;1-9(11(3)17)16-10(2)15(12(4)18)13-7-5-6-8-14(13)16;1-6-2-4-7(5-3-6)11(8,9)10/h6-13,15,18H,1-5H3;5-9,11,17H,1-4H3;2-5H,1H3. The van der Waals surface area contributed by atoms with Crippen molar-refractivity contribution in [2.75, 3.05) is 0 Å². The average molecular weight is 835 g/mol. The molecule has 0 amide bonds. The van der Waals surface area contributed by atoms with Gasteiger partial charge in [0, 0.05) is 55.0 Å². The first kappa shape index (κ1) is 45.1. The molecule has 0 saturated carbocycles. The number of carbonyl (C=O) groups is 2. The Kier molecular flexibility index (Phi) is 14.5. The van der Waals surface area contributed by atoms with Gasteiger partial charge in [0.05, 0.1) is 34.1 Å². The van der Waals surface area contributed by atoms with E-state index in [0.29, 0.717) is 5.56 Å². The fourth-order valence-electron chi connectivity index (χ4n) is 6.89. The third-order valence-electron chi connectivity index (χ3n) is 10.1. The SMILES string of the molecule is CC(=O)c1c(C)n(C(C)C(C)O)c2ccccc12.CC(=O)c1c(C)n(C(C)C(C)OS(=O)(=O)c2ccc(C)cc2)c2ccccc12.Cc1ccc(S(=O)(=O)Cl)cc1. The lowest BCUT2D eigenvalue weighted by Gasteiger charge is -2.24. The summed E-state index contributed by atoms with van der Waals surface area (Å²) in [7, 11) is -2.35. The number of hydrogen-bond acceptors (Lipinski definition) is 8. The molecule has 1 N–H and O–H groups in total. The van der Waals surface area contributed by atoms with E-state index in [0.717, 1.165) is 49.9 Å². The molecular weight excluding hydrogens is 784 g/mol. The minimum absolute atomic E-state index is 0.0134. The Morgan fingerprint density at radius 2 is 0.965 bits per heavy atom. The number of rotatable bonds is 10. The summed E-state index contributed by atoms with van der Waals surface area (Å²) in [6.07, 6.45) is -1.08. The smallest absolute Gasteiger partial charge is 0.297 e. The average Bonchev–Trinajstić information content (AvgIpc) is 3.61. The summed E-state index contributed by atoms with van der Waals surface area (Å²) in [6, 6.07) is 28.1. The van der Waals surface area contributed by atoms with Crippen molar-refractivity contribution in [2.24, 2.45) is 0 Å². The van der Waals surface area contributed by atoms with Crippen LogP contribution < -0.4 is 0 Å². The fourth-order valence-corrected chi connectivity index (χ4v) is 8.80. The first-order chi connectivity index (χ1) is 26.6. The minimum atomic E-state index is -3.89. The molecule has 6 aromatic rings. The van der Waals surface area contributed by atoms with Crippen LogP contribution in [0.4, 0.5) is 0 Å². The number of para-hydroxylation sites is 2. The molecule has 13 heteroatoms. The molecule has 0 aliphatic heterocycles. The van der Waals surface area contributed by atoms with Gasteiger partial charge in [0.25, 0.3) is 19.2 Å². The van der Waals surface area contributed by atoms with Crippen LogP contribution in [-0.2, 0) is 23.4 Å². The second kappa shape index (κ2) is 18.3. The van der Waals surface area contributed by atoms with Gasteiger partial charge in [0.15, 0.2) is 11.6 Å². The van der Waals surface area contributed by atoms with Crippen LogP contribution in [0.15, 0.2) is 107 Å². The van der Waals surface area contributed by atoms with E-state index in [9.17, 15) is 31.5 Å². The van der Waals surface area contributed by atoms with E-state index in [-0.39, 0.29) is 33.4 Å². The van der Waals surface area contributed by atoms with Crippen molar-refractivity contribution in [1.29, 1.82) is 0 Å². The highest BCUT2D eigenvalue weighted by Gasteiger charge is 2.28. The molecule has 6 rings (SSSR count). The molecule has 10 nitrogen and oxygen atoms in total. The maximum Gasteiger partial charge on any atom is 0.297 e. The summed E-state index contributed by atoms with van der Waals surface area (Å²) in [4.78, 5) is 24.3. The van der Waals surface area contributed by atoms with Crippen LogP contribution in [0.1, 0.15) is 96.9 Å². The lowest BCUT2D eigenvalue weighted by Crippen LogP contribution is -2.26. The number of aliphatic hydroxyl groups excluding tert-OH is 1. The number of carbonyl (C=O) groups excluding carboxylic acids is 2. The molecule has 0 bridgehead atoms. The van der Waals surface area contributed by atoms with Crippen LogP contribution in [-0.4, -0.2) is 54.9 Å². The van der Waals surface area contributed by atoms with E-state index < -0.39 is 31.4 Å². The molecule has 0 fully saturated rings. The van der Waals surface area contributed by atoms with Crippen LogP contribution in [0.25, 0.3) is 21.8 Å². The third-order valence-corrected chi connectivity index (χ3v) is 12.9. The van der Waals surface area contributed by atoms with Crippen LogP contribution in [0.3, 0.4) is 0 Å². The van der Waals surface area contributed by atoms with Gasteiger partial charge >= 0.3 is 0 Å². The topological polar surface area (TPSA) is 142 Å². The molecule has 0 aliphatic rings. The summed E-state index contributed by atoms with van der Waals surface area (Å²) in [5.41, 5.74) is 7.05. The molecule has 57 heavy (non-hydrogen) atoms. The number of hydrogen-bond donors (Lipinski definition) is 1. The zero-order chi connectivity index (χ0) is 42.6. The normalized spacial score (nSPS) is 13.8. The molecule has 0 spiro atoms. The number of aryl methyl sites for hydroxylation is 2. The number of Topliss-reactive ketones (excluding diaryl/α,β-unsaturated/α-hetero) is 2. The van der Waals surface area contributed by atoms with Gasteiger partial charge in [0.1, 0.15) is 0 Å². The fraction of sp³-hybridized carbons (Fsp3) is 0.318. The Bertz CT molecular complexity index is 2610. The summed E-state index contributed by atoms with van der Waals surface area (Å²) in [5.74, 6) is 0.0562. The Hall–Kier alpha value is -4.59. The number of ketones is 2. The first-order valence-corrected chi connectivity index (χ1v) is 22.2. The number of halogens is 1. The van der Waals surface area contributed by atoms with E-state index in [2.05, 4.69) is 4.57 Å². The Labute approximate surface area is 340 Å². The van der Waals surface area contributed by atoms with Crippen molar-refractivity contribution in [2.45, 2.75) is 103 Å². The van der Waals surface area contributed by atoms with Crippen LogP contribution >= 0.6 is 10.7 Å². The van der Waals surface area contributed by atoms with Crippen LogP contribution in [0, 0.1) is 27.7 Å². The van der Waals surface area contributed by atoms with Gasteiger partial charge < -0.3 is 14.2 Å². The molecule has 0 saturated heterocycles. The molecule has 4 aromatic carbocycles. The molecule has 4 atom stereocenters. The number of benzene rings is 4. The number of fused-ring (bicyclic) bond motifs is 2. The quantitative estimate of drug-likeness (QED) is 0.0817. The molecule has 4 unspecified atom stereocenters. The molecule has 304 valence electrons. The van der Waals surface area contributed by atoms with Gasteiger partial charge in [-0.1, -0.05) is 71.8 Å². The Morgan fingerprint density at radius 3 is 1.33 bits per heavy atom. The number of nitrogens with zero attached hydrogens (tertiary/aromatic N) is 2. The van der Waals surface area contributed by atoms with Crippen molar-refractivity contribution in [1.82, 2.24) is 9.13 Å². The van der Waals surface area contributed by atoms with Crippen molar-refractivity contribution in [3.05, 3.63) is 131 Å². The second-order valence-electron chi connectivity index (χ2n) is 14.3. The van der Waals surface area contributed by atoms with E-state index in [1.807, 2.05) is 94.6 Å². The maximum atomic E-state index is 12.7. The third kappa shape index (κ3) is 10.3. The van der Waals surface area contributed by atoms with E-state index in [1.54, 1.807) is 64.1 Å². The maximum absolute atomic E-state index is 12.7. The van der Waals surface area contributed by atoms with Gasteiger partial charge in [-0.3, -0.25) is 13.8 Å². The molecule has 0 radical (unpaired) electrons. The van der Waals surface area contributed by atoms with Crippen molar-refractivity contribution in [3.63, 3.8) is 0 Å². The molecular formula is C44H51ClN2O8S2. The van der Waals surface area contributed by atoms with Gasteiger partial charge in [-0.2, -0.15) is 8.42 Å². The lowest BCUT2D eigenvalue weighted by molar-refractivity contribution is 0.100. The van der Waals surface area contributed by atoms with Crippen molar-refractivity contribution < 1.29 is 35.7 Å². The van der Waals surface area contributed by atoms with Crippen LogP contribution in [0.5, 0.6) is 0 Å².